The third-order valence-corrected chi connectivity index (χ3v) is 3.75. The summed E-state index contributed by atoms with van der Waals surface area (Å²) in [6.07, 6.45) is 3.49. The molecule has 0 saturated heterocycles. The highest BCUT2D eigenvalue weighted by Crippen LogP contribution is 2.22. The molecule has 7 nitrogen and oxygen atoms in total. The second-order valence-corrected chi connectivity index (χ2v) is 5.37. The van der Waals surface area contributed by atoms with Gasteiger partial charge in [-0.1, -0.05) is 12.1 Å². The van der Waals surface area contributed by atoms with Gasteiger partial charge in [0.2, 0.25) is 0 Å². The molecule has 0 unspecified atom stereocenters. The minimum atomic E-state index is -0.436. The fourth-order valence-electron chi connectivity index (χ4n) is 2.54. The average molecular weight is 337 g/mol. The van der Waals surface area contributed by atoms with Crippen LogP contribution in [0.3, 0.4) is 0 Å². The first-order valence-electron chi connectivity index (χ1n) is 7.51. The van der Waals surface area contributed by atoms with Crippen LogP contribution in [0.4, 0.5) is 5.69 Å². The monoisotopic (exact) mass is 337 g/mol. The van der Waals surface area contributed by atoms with Gasteiger partial charge in [-0.05, 0) is 29.8 Å². The number of benzene rings is 2. The lowest BCUT2D eigenvalue weighted by molar-refractivity contribution is -0.384. The van der Waals surface area contributed by atoms with Gasteiger partial charge in [0.15, 0.2) is 0 Å². The van der Waals surface area contributed by atoms with E-state index in [4.69, 9.17) is 4.74 Å². The zero-order valence-electron chi connectivity index (χ0n) is 13.5. The van der Waals surface area contributed by atoms with Crippen molar-refractivity contribution < 1.29 is 14.5 Å². The van der Waals surface area contributed by atoms with E-state index in [0.717, 1.165) is 11.1 Å². The molecule has 0 saturated carbocycles. The first kappa shape index (κ1) is 16.4. The topological polar surface area (TPSA) is 87.3 Å². The van der Waals surface area contributed by atoms with Crippen LogP contribution in [0.15, 0.2) is 60.9 Å². The first-order valence-corrected chi connectivity index (χ1v) is 7.51. The number of imidazole rings is 1. The van der Waals surface area contributed by atoms with Crippen LogP contribution in [-0.4, -0.2) is 27.6 Å². The number of hydrogen-bond donors (Lipinski definition) is 0. The van der Waals surface area contributed by atoms with Gasteiger partial charge in [-0.3, -0.25) is 10.1 Å². The minimum Gasteiger partial charge on any atom is -0.465 e. The number of nitrogens with zero attached hydrogens (tertiary/aromatic N) is 3. The third-order valence-electron chi connectivity index (χ3n) is 3.75. The highest BCUT2D eigenvalue weighted by Gasteiger charge is 2.11. The van der Waals surface area contributed by atoms with Crippen molar-refractivity contribution in [2.45, 2.75) is 6.54 Å². The Kier molecular flexibility index (Phi) is 4.56. The predicted octanol–water partition coefficient (Wildman–Crippen LogP) is 3.29. The molecule has 0 amide bonds. The molecule has 3 rings (SSSR count). The number of carbonyl (C=O) groups is 1. The highest BCUT2D eigenvalue weighted by molar-refractivity contribution is 5.89. The van der Waals surface area contributed by atoms with Crippen LogP contribution in [0.1, 0.15) is 15.9 Å². The second kappa shape index (κ2) is 6.96. The molecule has 0 bridgehead atoms. The smallest absolute Gasteiger partial charge is 0.337 e. The molecular formula is C18H15N3O4. The van der Waals surface area contributed by atoms with Crippen LogP contribution in [0.2, 0.25) is 0 Å². The SMILES string of the molecule is COC(=O)c1cccc(Cn2ccnc2-c2ccc([N+](=O)[O-])cc2)c1. The largest absolute Gasteiger partial charge is 0.465 e. The van der Waals surface area contributed by atoms with E-state index in [1.54, 1.807) is 36.5 Å². The molecule has 0 N–H and O–H groups in total. The van der Waals surface area contributed by atoms with Gasteiger partial charge in [0.1, 0.15) is 5.82 Å². The number of ether oxygens (including phenoxy) is 1. The Morgan fingerprint density at radius 1 is 1.24 bits per heavy atom. The third kappa shape index (κ3) is 3.55. The molecule has 0 spiro atoms. The lowest BCUT2D eigenvalue weighted by Gasteiger charge is -2.09. The van der Waals surface area contributed by atoms with Gasteiger partial charge in [-0.2, -0.15) is 0 Å². The van der Waals surface area contributed by atoms with E-state index in [2.05, 4.69) is 4.98 Å². The zero-order chi connectivity index (χ0) is 17.8. The van der Waals surface area contributed by atoms with Crippen LogP contribution in [0.5, 0.6) is 0 Å². The number of non-ortho nitro benzene ring substituents is 1. The number of hydrogen-bond acceptors (Lipinski definition) is 5. The van der Waals surface area contributed by atoms with E-state index < -0.39 is 4.92 Å². The summed E-state index contributed by atoms with van der Waals surface area (Å²) in [5.41, 5.74) is 2.22. The molecule has 1 aromatic heterocycles. The van der Waals surface area contributed by atoms with Crippen molar-refractivity contribution in [2.24, 2.45) is 0 Å². The summed E-state index contributed by atoms with van der Waals surface area (Å²) in [5, 5.41) is 10.8. The van der Waals surface area contributed by atoms with Crippen molar-refractivity contribution in [3.05, 3.63) is 82.2 Å². The van der Waals surface area contributed by atoms with Crippen molar-refractivity contribution in [3.8, 4) is 11.4 Å². The van der Waals surface area contributed by atoms with E-state index >= 15 is 0 Å². The Bertz CT molecular complexity index is 916. The van der Waals surface area contributed by atoms with Crippen LogP contribution < -0.4 is 0 Å². The summed E-state index contributed by atoms with van der Waals surface area (Å²) in [7, 11) is 1.34. The number of esters is 1. The molecule has 0 aliphatic rings. The Hall–Kier alpha value is -3.48. The van der Waals surface area contributed by atoms with Gasteiger partial charge in [-0.15, -0.1) is 0 Å². The predicted molar refractivity (Wildman–Crippen MR) is 91.2 cm³/mol. The minimum absolute atomic E-state index is 0.0348. The Morgan fingerprint density at radius 2 is 2.00 bits per heavy atom. The van der Waals surface area contributed by atoms with Crippen LogP contribution >= 0.6 is 0 Å². The average Bonchev–Trinajstić information content (AvgIpc) is 3.09. The number of nitro benzene ring substituents is 1. The van der Waals surface area contributed by atoms with E-state index in [1.807, 2.05) is 16.8 Å². The number of methoxy groups -OCH3 is 1. The quantitative estimate of drug-likeness (QED) is 0.405. The van der Waals surface area contributed by atoms with Crippen molar-refractivity contribution in [1.29, 1.82) is 0 Å². The second-order valence-electron chi connectivity index (χ2n) is 5.37. The highest BCUT2D eigenvalue weighted by atomic mass is 16.6. The van der Waals surface area contributed by atoms with E-state index in [0.29, 0.717) is 17.9 Å². The molecule has 0 atom stereocenters. The number of nitro groups is 1. The van der Waals surface area contributed by atoms with Gasteiger partial charge in [0.05, 0.1) is 17.6 Å². The lowest BCUT2D eigenvalue weighted by atomic mass is 10.1. The summed E-state index contributed by atoms with van der Waals surface area (Å²) < 4.78 is 6.65. The van der Waals surface area contributed by atoms with Gasteiger partial charge in [0.25, 0.3) is 5.69 Å². The summed E-state index contributed by atoms with van der Waals surface area (Å²) in [5.74, 6) is 0.307. The molecule has 7 heteroatoms. The maximum Gasteiger partial charge on any atom is 0.337 e. The first-order chi connectivity index (χ1) is 12.1. The van der Waals surface area contributed by atoms with E-state index in [9.17, 15) is 14.9 Å². The maximum atomic E-state index is 11.6. The molecule has 0 aliphatic heterocycles. The Labute approximate surface area is 143 Å². The Balaban J connectivity index is 1.87. The van der Waals surface area contributed by atoms with Crippen molar-refractivity contribution in [3.63, 3.8) is 0 Å². The summed E-state index contributed by atoms with van der Waals surface area (Å²) in [4.78, 5) is 26.3. The summed E-state index contributed by atoms with van der Waals surface area (Å²) in [6.45, 7) is 0.511. The van der Waals surface area contributed by atoms with Crippen LogP contribution in [-0.2, 0) is 11.3 Å². The Morgan fingerprint density at radius 3 is 2.68 bits per heavy atom. The lowest BCUT2D eigenvalue weighted by Crippen LogP contribution is -2.05. The molecule has 1 heterocycles. The molecule has 25 heavy (non-hydrogen) atoms. The van der Waals surface area contributed by atoms with Crippen molar-refractivity contribution >= 4 is 11.7 Å². The fraction of sp³-hybridized carbons (Fsp3) is 0.111. The molecule has 0 aliphatic carbocycles. The standard InChI is InChI=1S/C18H15N3O4/c1-25-18(22)15-4-2-3-13(11-15)12-20-10-9-19-17(20)14-5-7-16(8-6-14)21(23)24/h2-11H,12H2,1H3. The summed E-state index contributed by atoms with van der Waals surface area (Å²) in [6, 6.07) is 13.4. The maximum absolute atomic E-state index is 11.6. The molecule has 0 fully saturated rings. The molecule has 126 valence electrons. The van der Waals surface area contributed by atoms with Crippen molar-refractivity contribution in [1.82, 2.24) is 9.55 Å². The molecule has 0 radical (unpaired) electrons. The van der Waals surface area contributed by atoms with Gasteiger partial charge in [0, 0.05) is 36.6 Å². The fourth-order valence-corrected chi connectivity index (χ4v) is 2.54. The number of rotatable bonds is 5. The van der Waals surface area contributed by atoms with Crippen LogP contribution in [0.25, 0.3) is 11.4 Å². The van der Waals surface area contributed by atoms with Gasteiger partial charge >= 0.3 is 5.97 Å². The van der Waals surface area contributed by atoms with Crippen LogP contribution in [0, 0.1) is 10.1 Å². The molecular weight excluding hydrogens is 322 g/mol. The van der Waals surface area contributed by atoms with Gasteiger partial charge in [-0.25, -0.2) is 9.78 Å². The number of carbonyl (C=O) groups excluding carboxylic acids is 1. The molecule has 3 aromatic rings. The zero-order valence-corrected chi connectivity index (χ0v) is 13.5. The number of aromatic nitrogens is 2. The molecule has 2 aromatic carbocycles. The normalized spacial score (nSPS) is 10.4. The van der Waals surface area contributed by atoms with E-state index in [1.165, 1.54) is 19.2 Å². The van der Waals surface area contributed by atoms with Gasteiger partial charge < -0.3 is 9.30 Å². The van der Waals surface area contributed by atoms with Crippen molar-refractivity contribution in [2.75, 3.05) is 7.11 Å². The van der Waals surface area contributed by atoms with E-state index in [-0.39, 0.29) is 11.7 Å². The summed E-state index contributed by atoms with van der Waals surface area (Å²) >= 11 is 0.